The molecule has 0 aliphatic carbocycles. The lowest BCUT2D eigenvalue weighted by Gasteiger charge is -2.10. The number of nitrogens with two attached hydrogens (primary N) is 1. The SMILES string of the molecule is Nc1c(F)cccc1CCC1CCNC1. The van der Waals surface area contributed by atoms with Crippen molar-refractivity contribution in [1.29, 1.82) is 0 Å². The van der Waals surface area contributed by atoms with Crippen LogP contribution in [0.15, 0.2) is 18.2 Å². The molecule has 1 aliphatic heterocycles. The third-order valence-corrected chi connectivity index (χ3v) is 3.13. The van der Waals surface area contributed by atoms with Gasteiger partial charge in [0.25, 0.3) is 0 Å². The van der Waals surface area contributed by atoms with Crippen molar-refractivity contribution in [3.05, 3.63) is 29.6 Å². The minimum absolute atomic E-state index is 0.294. The highest BCUT2D eigenvalue weighted by Gasteiger charge is 2.14. The lowest BCUT2D eigenvalue weighted by molar-refractivity contribution is 0.532. The Morgan fingerprint density at radius 1 is 1.47 bits per heavy atom. The monoisotopic (exact) mass is 208 g/mol. The van der Waals surface area contributed by atoms with Crippen molar-refractivity contribution in [3.8, 4) is 0 Å². The number of anilines is 1. The highest BCUT2D eigenvalue weighted by Crippen LogP contribution is 2.21. The van der Waals surface area contributed by atoms with Crippen LogP contribution in [0.1, 0.15) is 18.4 Å². The molecule has 2 nitrogen and oxygen atoms in total. The molecule has 1 aromatic rings. The van der Waals surface area contributed by atoms with Crippen LogP contribution in [0.2, 0.25) is 0 Å². The maximum Gasteiger partial charge on any atom is 0.146 e. The summed E-state index contributed by atoms with van der Waals surface area (Å²) < 4.78 is 13.1. The normalized spacial score (nSPS) is 20.7. The molecule has 15 heavy (non-hydrogen) atoms. The smallest absolute Gasteiger partial charge is 0.146 e. The van der Waals surface area contributed by atoms with Gasteiger partial charge in [0.1, 0.15) is 5.82 Å². The summed E-state index contributed by atoms with van der Waals surface area (Å²) in [5.74, 6) is 0.435. The second-order valence-electron chi connectivity index (χ2n) is 4.21. The molecule has 1 atom stereocenters. The fraction of sp³-hybridized carbons (Fsp3) is 0.500. The van der Waals surface area contributed by atoms with E-state index in [9.17, 15) is 4.39 Å². The van der Waals surface area contributed by atoms with E-state index in [1.165, 1.54) is 12.5 Å². The zero-order chi connectivity index (χ0) is 10.7. The second-order valence-corrected chi connectivity index (χ2v) is 4.21. The summed E-state index contributed by atoms with van der Waals surface area (Å²) in [6.45, 7) is 2.21. The van der Waals surface area contributed by atoms with E-state index in [4.69, 9.17) is 5.73 Å². The van der Waals surface area contributed by atoms with Gasteiger partial charge in [-0.25, -0.2) is 4.39 Å². The summed E-state index contributed by atoms with van der Waals surface area (Å²) in [4.78, 5) is 0. The first-order valence-corrected chi connectivity index (χ1v) is 5.51. The van der Waals surface area contributed by atoms with Crippen molar-refractivity contribution in [3.63, 3.8) is 0 Å². The second kappa shape index (κ2) is 4.62. The third-order valence-electron chi connectivity index (χ3n) is 3.13. The zero-order valence-electron chi connectivity index (χ0n) is 8.80. The molecule has 0 radical (unpaired) electrons. The summed E-state index contributed by atoms with van der Waals surface area (Å²) >= 11 is 0. The van der Waals surface area contributed by atoms with E-state index in [-0.39, 0.29) is 5.82 Å². The molecule has 1 fully saturated rings. The lowest BCUT2D eigenvalue weighted by Crippen LogP contribution is -2.10. The zero-order valence-corrected chi connectivity index (χ0v) is 8.80. The molecule has 3 heteroatoms. The molecule has 1 aromatic carbocycles. The Hall–Kier alpha value is -1.09. The largest absolute Gasteiger partial charge is 0.396 e. The topological polar surface area (TPSA) is 38.0 Å². The molecule has 82 valence electrons. The fourth-order valence-corrected chi connectivity index (χ4v) is 2.12. The third kappa shape index (κ3) is 2.48. The van der Waals surface area contributed by atoms with Crippen molar-refractivity contribution in [2.24, 2.45) is 5.92 Å². The first kappa shape index (κ1) is 10.4. The number of halogens is 1. The van der Waals surface area contributed by atoms with E-state index in [1.807, 2.05) is 6.07 Å². The number of aryl methyl sites for hydroxylation is 1. The van der Waals surface area contributed by atoms with Crippen molar-refractivity contribution in [1.82, 2.24) is 5.32 Å². The number of nitrogen functional groups attached to an aromatic ring is 1. The molecular weight excluding hydrogens is 191 g/mol. The first-order chi connectivity index (χ1) is 7.27. The Labute approximate surface area is 89.7 Å². The van der Waals surface area contributed by atoms with Crippen molar-refractivity contribution in [2.75, 3.05) is 18.8 Å². The summed E-state index contributed by atoms with van der Waals surface area (Å²) in [7, 11) is 0. The van der Waals surface area contributed by atoms with Gasteiger partial charge in [0.2, 0.25) is 0 Å². The molecule has 0 bridgehead atoms. The van der Waals surface area contributed by atoms with E-state index in [0.717, 1.165) is 37.4 Å². The van der Waals surface area contributed by atoms with Crippen LogP contribution >= 0.6 is 0 Å². The van der Waals surface area contributed by atoms with Crippen LogP contribution in [-0.2, 0) is 6.42 Å². The molecule has 1 heterocycles. The maximum absolute atomic E-state index is 13.1. The van der Waals surface area contributed by atoms with Crippen molar-refractivity contribution >= 4 is 5.69 Å². The van der Waals surface area contributed by atoms with Gasteiger partial charge in [-0.15, -0.1) is 0 Å². The van der Waals surface area contributed by atoms with Crippen LogP contribution in [0.3, 0.4) is 0 Å². The van der Waals surface area contributed by atoms with Crippen LogP contribution in [0.4, 0.5) is 10.1 Å². The average molecular weight is 208 g/mol. The Balaban J connectivity index is 1.95. The number of hydrogen-bond donors (Lipinski definition) is 2. The van der Waals surface area contributed by atoms with Gasteiger partial charge in [-0.3, -0.25) is 0 Å². The Kier molecular flexibility index (Phi) is 3.21. The highest BCUT2D eigenvalue weighted by atomic mass is 19.1. The molecule has 0 aromatic heterocycles. The van der Waals surface area contributed by atoms with E-state index in [1.54, 1.807) is 6.07 Å². The van der Waals surface area contributed by atoms with E-state index >= 15 is 0 Å². The average Bonchev–Trinajstić information content (AvgIpc) is 2.73. The van der Waals surface area contributed by atoms with Crippen molar-refractivity contribution in [2.45, 2.75) is 19.3 Å². The van der Waals surface area contributed by atoms with Gasteiger partial charge >= 0.3 is 0 Å². The van der Waals surface area contributed by atoms with Crippen LogP contribution in [0.5, 0.6) is 0 Å². The van der Waals surface area contributed by atoms with Gasteiger partial charge in [-0.2, -0.15) is 0 Å². The highest BCUT2D eigenvalue weighted by molar-refractivity contribution is 5.47. The quantitative estimate of drug-likeness (QED) is 0.745. The molecule has 1 unspecified atom stereocenters. The number of rotatable bonds is 3. The molecule has 0 saturated carbocycles. The molecule has 0 amide bonds. The number of hydrogen-bond acceptors (Lipinski definition) is 2. The van der Waals surface area contributed by atoms with E-state index in [2.05, 4.69) is 5.32 Å². The van der Waals surface area contributed by atoms with Crippen LogP contribution < -0.4 is 11.1 Å². The molecule has 3 N–H and O–H groups in total. The maximum atomic E-state index is 13.1. The summed E-state index contributed by atoms with van der Waals surface area (Å²) in [6.07, 6.45) is 3.21. The standard InChI is InChI=1S/C12H17FN2/c13-11-3-1-2-10(12(11)14)5-4-9-6-7-15-8-9/h1-3,9,15H,4-8,14H2. The van der Waals surface area contributed by atoms with Gasteiger partial charge in [-0.05, 0) is 49.9 Å². The van der Waals surface area contributed by atoms with Gasteiger partial charge in [0, 0.05) is 0 Å². The predicted molar refractivity (Wildman–Crippen MR) is 60.1 cm³/mol. The summed E-state index contributed by atoms with van der Waals surface area (Å²) in [5, 5.41) is 3.33. The minimum Gasteiger partial charge on any atom is -0.396 e. The number of nitrogens with one attached hydrogen (secondary N) is 1. The molecular formula is C12H17FN2. The number of benzene rings is 1. The Morgan fingerprint density at radius 2 is 2.33 bits per heavy atom. The Bertz CT molecular complexity index is 332. The van der Waals surface area contributed by atoms with E-state index < -0.39 is 0 Å². The van der Waals surface area contributed by atoms with Gasteiger partial charge in [0.05, 0.1) is 5.69 Å². The van der Waals surface area contributed by atoms with E-state index in [0.29, 0.717) is 5.69 Å². The van der Waals surface area contributed by atoms with Crippen LogP contribution in [-0.4, -0.2) is 13.1 Å². The van der Waals surface area contributed by atoms with Gasteiger partial charge in [0.15, 0.2) is 0 Å². The predicted octanol–water partition coefficient (Wildman–Crippen LogP) is 1.95. The summed E-state index contributed by atoms with van der Waals surface area (Å²) in [5.41, 5.74) is 6.95. The van der Waals surface area contributed by atoms with Crippen LogP contribution in [0, 0.1) is 11.7 Å². The molecule has 1 saturated heterocycles. The van der Waals surface area contributed by atoms with Gasteiger partial charge in [-0.1, -0.05) is 12.1 Å². The number of para-hydroxylation sites is 1. The Morgan fingerprint density at radius 3 is 3.07 bits per heavy atom. The first-order valence-electron chi connectivity index (χ1n) is 5.51. The van der Waals surface area contributed by atoms with Gasteiger partial charge < -0.3 is 11.1 Å². The van der Waals surface area contributed by atoms with Crippen molar-refractivity contribution < 1.29 is 4.39 Å². The lowest BCUT2D eigenvalue weighted by atomic mass is 9.98. The molecule has 0 spiro atoms. The molecule has 2 rings (SSSR count). The van der Waals surface area contributed by atoms with Crippen LogP contribution in [0.25, 0.3) is 0 Å². The molecule has 1 aliphatic rings. The summed E-state index contributed by atoms with van der Waals surface area (Å²) in [6, 6.07) is 5.06. The fourth-order valence-electron chi connectivity index (χ4n) is 2.12. The minimum atomic E-state index is -0.294.